The lowest BCUT2D eigenvalue weighted by molar-refractivity contribution is -0.193. The SMILES string of the molecule is O=C(C(=O)C(F)(F)F)C(F)(F)F.O=C(CCNCCc1ccc(Cl)cc1)N(CCNCCc1ccc(O)c2[nH]c(=O)sc12)C1CCCC1. The van der Waals surface area contributed by atoms with E-state index in [9.17, 15) is 50.6 Å². The first-order chi connectivity index (χ1) is 22.6. The third kappa shape index (κ3) is 11.9. The minimum atomic E-state index is -5.77. The highest BCUT2D eigenvalue weighted by molar-refractivity contribution is 7.16. The molecule has 0 unspecified atom stereocenters. The number of alkyl halides is 6. The van der Waals surface area contributed by atoms with Crippen LogP contribution in [0.1, 0.15) is 43.2 Å². The molecular weight excluding hydrogens is 690 g/mol. The third-order valence-electron chi connectivity index (χ3n) is 7.57. The Hall–Kier alpha value is -3.47. The molecule has 17 heteroatoms. The number of carbonyl (C=O) groups is 3. The summed E-state index contributed by atoms with van der Waals surface area (Å²) in [7, 11) is 0. The van der Waals surface area contributed by atoms with Gasteiger partial charge in [0.05, 0.1) is 4.70 Å². The number of aromatic hydroxyl groups is 1. The molecule has 1 fully saturated rings. The second-order valence-electron chi connectivity index (χ2n) is 11.0. The Balaban J connectivity index is 0.000000444. The van der Waals surface area contributed by atoms with E-state index in [0.717, 1.165) is 71.9 Å². The van der Waals surface area contributed by atoms with E-state index in [1.165, 1.54) is 18.4 Å². The van der Waals surface area contributed by atoms with Crippen LogP contribution in [0.3, 0.4) is 0 Å². The van der Waals surface area contributed by atoms with Gasteiger partial charge in [0.1, 0.15) is 11.3 Å². The summed E-state index contributed by atoms with van der Waals surface area (Å²) in [6.07, 6.45) is -4.81. The van der Waals surface area contributed by atoms with Crippen LogP contribution in [0.15, 0.2) is 41.2 Å². The van der Waals surface area contributed by atoms with Crippen LogP contribution in [0.4, 0.5) is 26.3 Å². The maximum atomic E-state index is 13.1. The molecule has 0 spiro atoms. The number of ketones is 2. The number of nitrogens with zero attached hydrogens (tertiary/aromatic N) is 1. The quantitative estimate of drug-likeness (QED) is 0.101. The molecule has 1 heterocycles. The van der Waals surface area contributed by atoms with Gasteiger partial charge in [-0.1, -0.05) is 54.0 Å². The zero-order valence-electron chi connectivity index (χ0n) is 25.6. The molecule has 0 radical (unpaired) electrons. The highest BCUT2D eigenvalue weighted by Gasteiger charge is 2.54. The van der Waals surface area contributed by atoms with E-state index in [1.54, 1.807) is 6.07 Å². The first-order valence-electron chi connectivity index (χ1n) is 15.1. The van der Waals surface area contributed by atoms with Gasteiger partial charge in [-0.15, -0.1) is 0 Å². The normalized spacial score (nSPS) is 13.7. The van der Waals surface area contributed by atoms with Crippen LogP contribution in [0, 0.1) is 0 Å². The van der Waals surface area contributed by atoms with Crippen LogP contribution >= 0.6 is 22.9 Å². The van der Waals surface area contributed by atoms with Gasteiger partial charge >= 0.3 is 28.8 Å². The van der Waals surface area contributed by atoms with Gasteiger partial charge in [0.2, 0.25) is 5.91 Å². The molecule has 1 aliphatic carbocycles. The molecule has 0 atom stereocenters. The molecule has 2 aromatic carbocycles. The number of phenolic OH excluding ortho intramolecular Hbond substituents is 1. The highest BCUT2D eigenvalue weighted by Crippen LogP contribution is 2.28. The van der Waals surface area contributed by atoms with Gasteiger partial charge in [0.15, 0.2) is 0 Å². The molecule has 48 heavy (non-hydrogen) atoms. The number of hydrogen-bond donors (Lipinski definition) is 4. The molecule has 4 rings (SSSR count). The van der Waals surface area contributed by atoms with Crippen LogP contribution in [0.25, 0.3) is 10.2 Å². The zero-order chi connectivity index (χ0) is 35.5. The fraction of sp³-hybridized carbons (Fsp3) is 0.484. The number of phenols is 1. The Bertz CT molecular complexity index is 1560. The Labute approximate surface area is 280 Å². The maximum absolute atomic E-state index is 13.1. The number of H-pyrrole nitrogens is 1. The highest BCUT2D eigenvalue weighted by atomic mass is 35.5. The molecular formula is C31H35ClF6N4O5S. The number of benzene rings is 2. The fourth-order valence-electron chi connectivity index (χ4n) is 5.15. The van der Waals surface area contributed by atoms with E-state index in [0.29, 0.717) is 31.1 Å². The molecule has 1 saturated carbocycles. The van der Waals surface area contributed by atoms with Crippen LogP contribution in [0.2, 0.25) is 5.02 Å². The number of fused-ring (bicyclic) bond motifs is 1. The zero-order valence-corrected chi connectivity index (χ0v) is 27.2. The average Bonchev–Trinajstić information content (AvgIpc) is 3.70. The van der Waals surface area contributed by atoms with E-state index < -0.39 is 23.9 Å². The van der Waals surface area contributed by atoms with Gasteiger partial charge < -0.3 is 25.6 Å². The second kappa shape index (κ2) is 17.8. The van der Waals surface area contributed by atoms with Crippen LogP contribution < -0.4 is 15.5 Å². The van der Waals surface area contributed by atoms with Crippen molar-refractivity contribution in [1.82, 2.24) is 20.5 Å². The first-order valence-corrected chi connectivity index (χ1v) is 16.3. The van der Waals surface area contributed by atoms with Gasteiger partial charge in [0.25, 0.3) is 0 Å². The number of amides is 1. The molecule has 1 amide bonds. The van der Waals surface area contributed by atoms with Gasteiger partial charge in [0, 0.05) is 37.1 Å². The van der Waals surface area contributed by atoms with Crippen molar-refractivity contribution in [1.29, 1.82) is 0 Å². The smallest absolute Gasteiger partial charge is 0.458 e. The van der Waals surface area contributed by atoms with Gasteiger partial charge in [-0.2, -0.15) is 26.3 Å². The summed E-state index contributed by atoms with van der Waals surface area (Å²) < 4.78 is 67.8. The number of Topliss-reactive ketones (excluding diaryl/α,β-unsaturated/α-hetero) is 2. The minimum Gasteiger partial charge on any atom is -0.506 e. The first kappa shape index (κ1) is 39.0. The Morgan fingerprint density at radius 1 is 0.875 bits per heavy atom. The molecule has 3 aromatic rings. The lowest BCUT2D eigenvalue weighted by Gasteiger charge is -2.29. The topological polar surface area (TPSA) is 132 Å². The van der Waals surface area contributed by atoms with Gasteiger partial charge in [-0.05, 0) is 68.1 Å². The third-order valence-corrected chi connectivity index (χ3v) is 8.78. The van der Waals surface area contributed by atoms with E-state index in [1.807, 2.05) is 30.3 Å². The molecule has 4 N–H and O–H groups in total. The van der Waals surface area contributed by atoms with Crippen LogP contribution in [-0.4, -0.2) is 83.6 Å². The molecule has 0 bridgehead atoms. The van der Waals surface area contributed by atoms with Crippen molar-refractivity contribution in [3.63, 3.8) is 0 Å². The van der Waals surface area contributed by atoms with Crippen molar-refractivity contribution >= 4 is 50.6 Å². The summed E-state index contributed by atoms with van der Waals surface area (Å²) in [5.41, 5.74) is 2.78. The number of carbonyl (C=O) groups excluding carboxylic acids is 3. The molecule has 264 valence electrons. The lowest BCUT2D eigenvalue weighted by Crippen LogP contribution is -2.44. The Morgan fingerprint density at radius 3 is 2.06 bits per heavy atom. The average molecular weight is 725 g/mol. The summed E-state index contributed by atoms with van der Waals surface area (Å²) >= 11 is 7.07. The number of hydrogen-bond acceptors (Lipinski definition) is 8. The summed E-state index contributed by atoms with van der Waals surface area (Å²) in [5.74, 6) is -6.49. The van der Waals surface area contributed by atoms with Crippen molar-refractivity contribution in [2.75, 3.05) is 32.7 Å². The predicted molar refractivity (Wildman–Crippen MR) is 169 cm³/mol. The monoisotopic (exact) mass is 724 g/mol. The predicted octanol–water partition coefficient (Wildman–Crippen LogP) is 5.32. The van der Waals surface area contributed by atoms with E-state index in [4.69, 9.17) is 11.6 Å². The fourth-order valence-corrected chi connectivity index (χ4v) is 6.17. The number of aromatic amines is 1. The number of rotatable bonds is 14. The molecule has 9 nitrogen and oxygen atoms in total. The van der Waals surface area contributed by atoms with Crippen LogP contribution in [0.5, 0.6) is 5.75 Å². The van der Waals surface area contributed by atoms with Crippen molar-refractivity contribution < 1.29 is 45.8 Å². The Kier molecular flexibility index (Phi) is 14.4. The molecule has 0 saturated heterocycles. The molecule has 1 aromatic heterocycles. The van der Waals surface area contributed by atoms with E-state index >= 15 is 0 Å². The number of thiazole rings is 1. The summed E-state index contributed by atoms with van der Waals surface area (Å²) in [6, 6.07) is 11.7. The number of halogens is 7. The standard InChI is InChI=1S/C27H35ClN4O3S.C4F6O2/c28-21-8-5-19(6-9-21)11-14-29-16-13-24(34)32(22-3-1-2-4-22)18-17-30-15-12-20-7-10-23(33)25-26(20)36-27(35)31-25;5-3(6,7)1(11)2(12)4(8,9)10/h5-10,22,29-30,33H,1-4,11-18H2,(H,31,35);. The largest absolute Gasteiger partial charge is 0.506 e. The molecule has 1 aliphatic rings. The number of nitrogens with one attached hydrogen (secondary N) is 3. The molecule has 0 aliphatic heterocycles. The van der Waals surface area contributed by atoms with Crippen molar-refractivity contribution in [3.8, 4) is 5.75 Å². The minimum absolute atomic E-state index is 0.102. The van der Waals surface area contributed by atoms with E-state index in [2.05, 4.69) is 20.5 Å². The lowest BCUT2D eigenvalue weighted by atomic mass is 10.1. The Morgan fingerprint density at radius 2 is 1.46 bits per heavy atom. The van der Waals surface area contributed by atoms with Gasteiger partial charge in [-0.25, -0.2) is 0 Å². The van der Waals surface area contributed by atoms with Crippen molar-refractivity contribution in [3.05, 3.63) is 62.2 Å². The van der Waals surface area contributed by atoms with Crippen molar-refractivity contribution in [2.45, 2.75) is 63.3 Å². The van der Waals surface area contributed by atoms with Gasteiger partial charge in [-0.3, -0.25) is 19.2 Å². The van der Waals surface area contributed by atoms with Crippen LogP contribution in [-0.2, 0) is 27.2 Å². The summed E-state index contributed by atoms with van der Waals surface area (Å²) in [6.45, 7) is 3.69. The summed E-state index contributed by atoms with van der Waals surface area (Å²) in [5, 5.41) is 17.6. The van der Waals surface area contributed by atoms with Crippen molar-refractivity contribution in [2.24, 2.45) is 0 Å². The summed E-state index contributed by atoms with van der Waals surface area (Å²) in [4.78, 5) is 48.6. The number of aromatic nitrogens is 1. The maximum Gasteiger partial charge on any atom is 0.458 e. The second-order valence-corrected chi connectivity index (χ2v) is 12.4. The van der Waals surface area contributed by atoms with E-state index in [-0.39, 0.29) is 16.5 Å².